The second kappa shape index (κ2) is 9.40. The van der Waals surface area contributed by atoms with E-state index in [9.17, 15) is 13.2 Å². The molecule has 2 aliphatic carbocycles. The van der Waals surface area contributed by atoms with Gasteiger partial charge in [0, 0.05) is 22.4 Å². The van der Waals surface area contributed by atoms with Gasteiger partial charge in [0.1, 0.15) is 11.5 Å². The summed E-state index contributed by atoms with van der Waals surface area (Å²) in [6.07, 6.45) is 0.0198. The molecule has 0 N–H and O–H groups in total. The lowest BCUT2D eigenvalue weighted by Crippen LogP contribution is -2.40. The number of methoxy groups -OCH3 is 2. The molecule has 0 aliphatic heterocycles. The van der Waals surface area contributed by atoms with Crippen molar-refractivity contribution in [1.29, 1.82) is 0 Å². The summed E-state index contributed by atoms with van der Waals surface area (Å²) in [6.45, 7) is 0. The highest BCUT2D eigenvalue weighted by Crippen LogP contribution is 2.59. The van der Waals surface area contributed by atoms with Crippen molar-refractivity contribution in [3.8, 4) is 11.5 Å². The molecule has 39 heavy (non-hydrogen) atoms. The van der Waals surface area contributed by atoms with E-state index in [0.29, 0.717) is 16.3 Å². The maximum atomic E-state index is 14.0. The molecule has 0 fully saturated rings. The third-order valence-electron chi connectivity index (χ3n) is 7.69. The van der Waals surface area contributed by atoms with E-state index in [0.717, 1.165) is 39.1 Å². The average Bonchev–Trinajstić information content (AvgIpc) is 3.22. The molecule has 2 aliphatic rings. The molecule has 0 unspecified atom stereocenters. The van der Waals surface area contributed by atoms with Gasteiger partial charge in [-0.1, -0.05) is 54.1 Å². The first kappa shape index (κ1) is 25.4. The summed E-state index contributed by atoms with van der Waals surface area (Å²) in [6, 6.07) is 27.1. The number of sulfone groups is 1. The summed E-state index contributed by atoms with van der Waals surface area (Å²) < 4.78 is 38.8. The van der Waals surface area contributed by atoms with E-state index >= 15 is 0 Å². The van der Waals surface area contributed by atoms with Crippen LogP contribution in [0.5, 0.6) is 11.5 Å². The maximum absolute atomic E-state index is 14.0. The Balaban J connectivity index is 1.67. The number of benzene rings is 4. The zero-order valence-electron chi connectivity index (χ0n) is 21.4. The van der Waals surface area contributed by atoms with Crippen LogP contribution in [0.25, 0.3) is 11.1 Å². The van der Waals surface area contributed by atoms with E-state index in [4.69, 9.17) is 21.1 Å². The third-order valence-corrected chi connectivity index (χ3v) is 9.80. The molecule has 196 valence electrons. The van der Waals surface area contributed by atoms with Gasteiger partial charge >= 0.3 is 0 Å². The quantitative estimate of drug-likeness (QED) is 0.267. The summed E-state index contributed by atoms with van der Waals surface area (Å²) in [4.78, 5) is 14.0. The van der Waals surface area contributed by atoms with Crippen molar-refractivity contribution in [3.63, 3.8) is 0 Å². The molecule has 1 atom stereocenters. The van der Waals surface area contributed by atoms with Crippen LogP contribution in [0, 0.1) is 0 Å². The number of rotatable bonds is 6. The standard InChI is InChI=1S/C32H25ClO5S/c1-37-22-11-7-20(8-12-22)30-26-5-3-4-6-28(26)32(19-39(35,36)24-14-9-21(33)10-15-24)18-29(34)27-17-23(38-2)13-16-25(27)31(30)32/h3-17H,18-19H2,1-2H3/t32-/m0/s1. The number of carbonyl (C=O) groups is 1. The lowest BCUT2D eigenvalue weighted by molar-refractivity contribution is 0.0961. The second-order valence-electron chi connectivity index (χ2n) is 9.83. The molecule has 0 saturated heterocycles. The van der Waals surface area contributed by atoms with Crippen molar-refractivity contribution in [2.24, 2.45) is 0 Å². The zero-order chi connectivity index (χ0) is 27.4. The number of Topliss-reactive ketones (excluding diaryl/α,β-unsaturated/α-hetero) is 1. The molecular weight excluding hydrogens is 532 g/mol. The van der Waals surface area contributed by atoms with E-state index in [1.807, 2.05) is 60.7 Å². The number of halogens is 1. The first-order chi connectivity index (χ1) is 18.8. The van der Waals surface area contributed by atoms with E-state index in [1.54, 1.807) is 32.4 Å². The van der Waals surface area contributed by atoms with Crippen molar-refractivity contribution in [2.45, 2.75) is 16.7 Å². The minimum absolute atomic E-state index is 0.0198. The van der Waals surface area contributed by atoms with Crippen LogP contribution >= 0.6 is 11.6 Å². The van der Waals surface area contributed by atoms with Crippen LogP contribution in [-0.4, -0.2) is 34.2 Å². The fourth-order valence-electron chi connectivity index (χ4n) is 5.98. The summed E-state index contributed by atoms with van der Waals surface area (Å²) in [5.74, 6) is 0.914. The Labute approximate surface area is 232 Å². The second-order valence-corrected chi connectivity index (χ2v) is 12.3. The van der Waals surface area contributed by atoms with Gasteiger partial charge in [-0.05, 0) is 81.9 Å². The van der Waals surface area contributed by atoms with Gasteiger partial charge in [0.2, 0.25) is 0 Å². The summed E-state index contributed by atoms with van der Waals surface area (Å²) in [7, 11) is -0.651. The van der Waals surface area contributed by atoms with Gasteiger partial charge < -0.3 is 9.47 Å². The Bertz CT molecular complexity index is 1760. The van der Waals surface area contributed by atoms with Crippen LogP contribution in [0.15, 0.2) is 95.9 Å². The molecule has 4 aromatic carbocycles. The number of ketones is 1. The monoisotopic (exact) mass is 556 g/mol. The van der Waals surface area contributed by atoms with E-state index in [1.165, 1.54) is 12.1 Å². The highest BCUT2D eigenvalue weighted by Gasteiger charge is 2.53. The molecule has 6 rings (SSSR count). The largest absolute Gasteiger partial charge is 0.497 e. The molecule has 0 amide bonds. The lowest BCUT2D eigenvalue weighted by atomic mass is 9.66. The average molecular weight is 557 g/mol. The highest BCUT2D eigenvalue weighted by molar-refractivity contribution is 7.91. The van der Waals surface area contributed by atoms with Crippen molar-refractivity contribution in [2.75, 3.05) is 20.0 Å². The normalized spacial score (nSPS) is 17.9. The SMILES string of the molecule is COc1ccc(C2=C3c4ccc(OC)cc4C(=O)C[C@]3(CS(=O)(=O)c3ccc(Cl)cc3)c3ccccc32)cc1. The van der Waals surface area contributed by atoms with Gasteiger partial charge in [0.05, 0.1) is 24.9 Å². The van der Waals surface area contributed by atoms with E-state index < -0.39 is 15.3 Å². The molecule has 0 heterocycles. The molecule has 0 spiro atoms. The number of allylic oxidation sites excluding steroid dienone is 1. The predicted octanol–water partition coefficient (Wildman–Crippen LogP) is 6.63. The van der Waals surface area contributed by atoms with Crippen LogP contribution in [-0.2, 0) is 15.3 Å². The van der Waals surface area contributed by atoms with Crippen LogP contribution in [0.1, 0.15) is 39.0 Å². The molecule has 4 aromatic rings. The maximum Gasteiger partial charge on any atom is 0.179 e. The van der Waals surface area contributed by atoms with Gasteiger partial charge in [0.15, 0.2) is 15.6 Å². The molecular formula is C32H25ClO5S. The molecule has 0 bridgehead atoms. The number of hydrogen-bond acceptors (Lipinski definition) is 5. The highest BCUT2D eigenvalue weighted by atomic mass is 35.5. The number of ether oxygens (including phenoxy) is 2. The zero-order valence-corrected chi connectivity index (χ0v) is 23.0. The molecule has 0 saturated carbocycles. The van der Waals surface area contributed by atoms with Gasteiger partial charge in [-0.25, -0.2) is 8.42 Å². The number of carbonyl (C=O) groups excluding carboxylic acids is 1. The Morgan fingerprint density at radius 2 is 1.46 bits per heavy atom. The van der Waals surface area contributed by atoms with E-state index in [2.05, 4.69) is 0 Å². The Morgan fingerprint density at radius 1 is 0.795 bits per heavy atom. The van der Waals surface area contributed by atoms with Crippen LogP contribution in [0.3, 0.4) is 0 Å². The first-order valence-corrected chi connectivity index (χ1v) is 14.5. The fraction of sp³-hybridized carbons (Fsp3) is 0.156. The molecule has 5 nitrogen and oxygen atoms in total. The Kier molecular flexibility index (Phi) is 6.12. The summed E-state index contributed by atoms with van der Waals surface area (Å²) >= 11 is 6.05. The lowest BCUT2D eigenvalue weighted by Gasteiger charge is -2.38. The topological polar surface area (TPSA) is 69.7 Å². The van der Waals surface area contributed by atoms with Crippen molar-refractivity contribution >= 4 is 38.4 Å². The number of fused-ring (bicyclic) bond motifs is 5. The Hall–Kier alpha value is -3.87. The first-order valence-electron chi connectivity index (χ1n) is 12.5. The van der Waals surface area contributed by atoms with Crippen LogP contribution in [0.2, 0.25) is 5.02 Å². The van der Waals surface area contributed by atoms with Gasteiger partial charge in [-0.15, -0.1) is 0 Å². The predicted molar refractivity (Wildman–Crippen MR) is 152 cm³/mol. The Morgan fingerprint density at radius 3 is 2.15 bits per heavy atom. The van der Waals surface area contributed by atoms with E-state index in [-0.39, 0.29) is 22.9 Å². The summed E-state index contributed by atoms with van der Waals surface area (Å²) in [5.41, 5.74) is 4.59. The minimum Gasteiger partial charge on any atom is -0.497 e. The van der Waals surface area contributed by atoms with Crippen LogP contribution in [0.4, 0.5) is 0 Å². The summed E-state index contributed by atoms with van der Waals surface area (Å²) in [5, 5.41) is 0.455. The molecule has 7 heteroatoms. The fourth-order valence-corrected chi connectivity index (χ4v) is 7.87. The van der Waals surface area contributed by atoms with Crippen molar-refractivity contribution in [3.05, 3.63) is 124 Å². The molecule has 0 radical (unpaired) electrons. The van der Waals surface area contributed by atoms with Gasteiger partial charge in [-0.3, -0.25) is 4.79 Å². The van der Waals surface area contributed by atoms with Crippen molar-refractivity contribution in [1.82, 2.24) is 0 Å². The number of hydrogen-bond donors (Lipinski definition) is 0. The minimum atomic E-state index is -3.83. The third kappa shape index (κ3) is 4.06. The van der Waals surface area contributed by atoms with Crippen LogP contribution < -0.4 is 9.47 Å². The smallest absolute Gasteiger partial charge is 0.179 e. The molecule has 0 aromatic heterocycles. The van der Waals surface area contributed by atoms with Crippen molar-refractivity contribution < 1.29 is 22.7 Å². The van der Waals surface area contributed by atoms with Gasteiger partial charge in [-0.2, -0.15) is 0 Å². The van der Waals surface area contributed by atoms with Gasteiger partial charge in [0.25, 0.3) is 0 Å².